The van der Waals surface area contributed by atoms with Crippen LogP contribution in [0.5, 0.6) is 0 Å². The van der Waals surface area contributed by atoms with Crippen molar-refractivity contribution in [1.29, 1.82) is 0 Å². The zero-order valence-electron chi connectivity index (χ0n) is 12.5. The number of allylic oxidation sites excluding steroid dienone is 1. The molecule has 1 unspecified atom stereocenters. The number of pyridine rings is 1. The Kier molecular flexibility index (Phi) is 4.93. The van der Waals surface area contributed by atoms with Gasteiger partial charge in [-0.15, -0.1) is 0 Å². The molecule has 116 valence electrons. The Bertz CT molecular complexity index is 612. The number of thioether (sulfide) groups is 1. The third kappa shape index (κ3) is 3.77. The second-order valence-corrected chi connectivity index (χ2v) is 7.00. The van der Waals surface area contributed by atoms with Crippen molar-refractivity contribution in [2.45, 2.75) is 48.8 Å². The summed E-state index contributed by atoms with van der Waals surface area (Å²) in [5.41, 5.74) is 2.29. The normalized spacial score (nSPS) is 21.0. The maximum Gasteiger partial charge on any atom is 0.221 e. The summed E-state index contributed by atoms with van der Waals surface area (Å²) in [7, 11) is 0. The lowest BCUT2D eigenvalue weighted by Gasteiger charge is -2.21. The van der Waals surface area contributed by atoms with Crippen LogP contribution in [0.3, 0.4) is 0 Å². The Morgan fingerprint density at radius 2 is 2.32 bits per heavy atom. The summed E-state index contributed by atoms with van der Waals surface area (Å²) in [6.07, 6.45) is 9.24. The van der Waals surface area contributed by atoms with Crippen molar-refractivity contribution in [3.63, 3.8) is 0 Å². The molecule has 4 nitrogen and oxygen atoms in total. The number of Topliss-reactive ketones (excluding diaryl/α,β-unsaturated/α-hetero) is 1. The first-order valence-electron chi connectivity index (χ1n) is 7.80. The molecule has 3 rings (SSSR count). The molecule has 1 N–H and O–H groups in total. The molecule has 0 saturated heterocycles. The lowest BCUT2D eigenvalue weighted by atomic mass is 9.99. The summed E-state index contributed by atoms with van der Waals surface area (Å²) in [4.78, 5) is 28.5. The molecule has 0 bridgehead atoms. The van der Waals surface area contributed by atoms with Gasteiger partial charge >= 0.3 is 0 Å². The van der Waals surface area contributed by atoms with Crippen LogP contribution in [0.25, 0.3) is 0 Å². The summed E-state index contributed by atoms with van der Waals surface area (Å²) in [5.74, 6) is 0.0780. The topological polar surface area (TPSA) is 59.1 Å². The molecule has 0 saturated carbocycles. The lowest BCUT2D eigenvalue weighted by Crippen LogP contribution is -2.33. The molecule has 0 radical (unpaired) electrons. The van der Waals surface area contributed by atoms with Gasteiger partial charge in [-0.2, -0.15) is 0 Å². The third-order valence-electron chi connectivity index (χ3n) is 4.10. The minimum Gasteiger partial charge on any atom is -0.352 e. The van der Waals surface area contributed by atoms with Crippen molar-refractivity contribution in [3.05, 3.63) is 35.5 Å². The molecule has 0 fully saturated rings. The Morgan fingerprint density at radius 1 is 1.41 bits per heavy atom. The van der Waals surface area contributed by atoms with Gasteiger partial charge in [-0.25, -0.2) is 4.98 Å². The van der Waals surface area contributed by atoms with Gasteiger partial charge in [0.1, 0.15) is 5.03 Å². The Labute approximate surface area is 134 Å². The number of carbonyl (C=O) groups is 2. The quantitative estimate of drug-likeness (QED) is 0.868. The van der Waals surface area contributed by atoms with Crippen LogP contribution >= 0.6 is 11.8 Å². The zero-order chi connectivity index (χ0) is 15.4. The smallest absolute Gasteiger partial charge is 0.221 e. The fraction of sp³-hybridized carbons (Fsp3) is 0.471. The predicted octanol–water partition coefficient (Wildman–Crippen LogP) is 2.67. The number of carbonyl (C=O) groups excluding carboxylic acids is 2. The number of hydrogen-bond acceptors (Lipinski definition) is 4. The zero-order valence-corrected chi connectivity index (χ0v) is 13.3. The SMILES string of the molecule is O=C(CC1Sc2ncccc2CC1=O)NCC1=CCCCC1. The molecular weight excluding hydrogens is 296 g/mol. The average molecular weight is 316 g/mol. The van der Waals surface area contributed by atoms with Gasteiger partial charge in [-0.3, -0.25) is 9.59 Å². The van der Waals surface area contributed by atoms with Crippen LogP contribution < -0.4 is 5.32 Å². The molecular formula is C17H20N2O2S. The second kappa shape index (κ2) is 7.09. The highest BCUT2D eigenvalue weighted by atomic mass is 32.2. The van der Waals surface area contributed by atoms with E-state index in [4.69, 9.17) is 0 Å². The maximum atomic E-state index is 12.2. The van der Waals surface area contributed by atoms with Gasteiger partial charge < -0.3 is 5.32 Å². The molecule has 1 aromatic rings. The Balaban J connectivity index is 1.53. The van der Waals surface area contributed by atoms with Gasteiger partial charge in [0.05, 0.1) is 5.25 Å². The number of nitrogens with zero attached hydrogens (tertiary/aromatic N) is 1. The van der Waals surface area contributed by atoms with Crippen LogP contribution in [-0.4, -0.2) is 28.5 Å². The van der Waals surface area contributed by atoms with E-state index in [0.717, 1.165) is 23.4 Å². The van der Waals surface area contributed by atoms with Gasteiger partial charge in [0.15, 0.2) is 5.78 Å². The van der Waals surface area contributed by atoms with E-state index in [1.54, 1.807) is 6.20 Å². The predicted molar refractivity (Wildman–Crippen MR) is 86.8 cm³/mol. The van der Waals surface area contributed by atoms with Crippen LogP contribution in [0, 0.1) is 0 Å². The molecule has 2 aliphatic rings. The fourth-order valence-corrected chi connectivity index (χ4v) is 3.97. The van der Waals surface area contributed by atoms with Gasteiger partial charge in [0.25, 0.3) is 0 Å². The maximum absolute atomic E-state index is 12.2. The molecule has 0 aromatic carbocycles. The van der Waals surface area contributed by atoms with Crippen LogP contribution in [0.4, 0.5) is 0 Å². The third-order valence-corrected chi connectivity index (χ3v) is 5.40. The van der Waals surface area contributed by atoms with Gasteiger partial charge in [-0.05, 0) is 37.3 Å². The van der Waals surface area contributed by atoms with E-state index in [2.05, 4.69) is 16.4 Å². The number of amides is 1. The highest BCUT2D eigenvalue weighted by Gasteiger charge is 2.29. The van der Waals surface area contributed by atoms with Crippen LogP contribution in [0.2, 0.25) is 0 Å². The van der Waals surface area contributed by atoms with Crippen molar-refractivity contribution < 1.29 is 9.59 Å². The molecule has 1 aromatic heterocycles. The van der Waals surface area contributed by atoms with Crippen LogP contribution in [-0.2, 0) is 16.0 Å². The number of hydrogen-bond donors (Lipinski definition) is 1. The van der Waals surface area contributed by atoms with E-state index in [-0.39, 0.29) is 23.4 Å². The van der Waals surface area contributed by atoms with Crippen molar-refractivity contribution in [2.24, 2.45) is 0 Å². The number of rotatable bonds is 4. The number of ketones is 1. The van der Waals surface area contributed by atoms with Crippen molar-refractivity contribution in [3.8, 4) is 0 Å². The highest BCUT2D eigenvalue weighted by Crippen LogP contribution is 2.33. The Morgan fingerprint density at radius 3 is 3.14 bits per heavy atom. The largest absolute Gasteiger partial charge is 0.352 e. The number of fused-ring (bicyclic) bond motifs is 1. The molecule has 1 amide bonds. The van der Waals surface area contributed by atoms with Gasteiger partial charge in [-0.1, -0.05) is 29.5 Å². The van der Waals surface area contributed by atoms with Crippen LogP contribution in [0.15, 0.2) is 35.0 Å². The molecule has 5 heteroatoms. The van der Waals surface area contributed by atoms with E-state index in [1.165, 1.54) is 30.2 Å². The monoisotopic (exact) mass is 316 g/mol. The van der Waals surface area contributed by atoms with E-state index in [1.807, 2.05) is 12.1 Å². The number of nitrogens with one attached hydrogen (secondary N) is 1. The summed E-state index contributed by atoms with van der Waals surface area (Å²) >= 11 is 1.42. The highest BCUT2D eigenvalue weighted by molar-refractivity contribution is 8.00. The van der Waals surface area contributed by atoms with Crippen molar-refractivity contribution in [1.82, 2.24) is 10.3 Å². The summed E-state index contributed by atoms with van der Waals surface area (Å²) in [6.45, 7) is 0.624. The molecule has 1 aliphatic carbocycles. The first kappa shape index (κ1) is 15.3. The first-order chi connectivity index (χ1) is 10.7. The van der Waals surface area contributed by atoms with E-state index >= 15 is 0 Å². The van der Waals surface area contributed by atoms with Crippen molar-refractivity contribution in [2.75, 3.05) is 6.54 Å². The lowest BCUT2D eigenvalue weighted by molar-refractivity contribution is -0.124. The fourth-order valence-electron chi connectivity index (χ4n) is 2.84. The number of aromatic nitrogens is 1. The van der Waals surface area contributed by atoms with Gasteiger partial charge in [0, 0.05) is 25.6 Å². The summed E-state index contributed by atoms with van der Waals surface area (Å²) in [5, 5.41) is 3.53. The first-order valence-corrected chi connectivity index (χ1v) is 8.68. The minimum absolute atomic E-state index is 0.0447. The second-order valence-electron chi connectivity index (χ2n) is 5.81. The van der Waals surface area contributed by atoms with Gasteiger partial charge in [0.2, 0.25) is 5.91 Å². The van der Waals surface area contributed by atoms with Crippen LogP contribution in [0.1, 0.15) is 37.7 Å². The molecule has 2 heterocycles. The van der Waals surface area contributed by atoms with E-state index < -0.39 is 0 Å². The standard InChI is InChI=1S/C17H20N2O2S/c20-14-9-13-7-4-8-18-17(13)22-15(14)10-16(21)19-11-12-5-2-1-3-6-12/h4-5,7-8,15H,1-3,6,9-11H2,(H,19,21). The van der Waals surface area contributed by atoms with E-state index in [0.29, 0.717) is 13.0 Å². The molecule has 22 heavy (non-hydrogen) atoms. The summed E-state index contributed by atoms with van der Waals surface area (Å²) < 4.78 is 0. The molecule has 1 atom stereocenters. The van der Waals surface area contributed by atoms with Crippen molar-refractivity contribution >= 4 is 23.5 Å². The Hall–Kier alpha value is -1.62. The average Bonchev–Trinajstić information content (AvgIpc) is 2.55. The minimum atomic E-state index is -0.303. The molecule has 1 aliphatic heterocycles. The van der Waals surface area contributed by atoms with E-state index in [9.17, 15) is 9.59 Å². The summed E-state index contributed by atoms with van der Waals surface area (Å²) in [6, 6.07) is 3.77. The molecule has 0 spiro atoms.